The van der Waals surface area contributed by atoms with Crippen LogP contribution < -0.4 is 17.0 Å². The number of nitrogens with two attached hydrogens (primary N) is 1. The predicted octanol–water partition coefficient (Wildman–Crippen LogP) is -0.715. The molecule has 2 fully saturated rings. The average Bonchev–Trinajstić information content (AvgIpc) is 3.53. The van der Waals surface area contributed by atoms with Crippen LogP contribution in [0.15, 0.2) is 34.5 Å². The first-order chi connectivity index (χ1) is 15.5. The van der Waals surface area contributed by atoms with Gasteiger partial charge in [-0.25, -0.2) is 14.8 Å². The monoisotopic (exact) mass is 447 g/mol. The molecule has 2 aliphatic heterocycles. The van der Waals surface area contributed by atoms with E-state index in [1.807, 2.05) is 0 Å². The molecule has 2 aliphatic rings. The van der Waals surface area contributed by atoms with Crippen molar-refractivity contribution in [1.29, 1.82) is 0 Å². The third-order valence-electron chi connectivity index (χ3n) is 5.41. The Morgan fingerprint density at radius 1 is 1.03 bits per heavy atom. The molecule has 172 valence electrons. The molecule has 5 rings (SSSR count). The number of ether oxygens (including phenoxy) is 2. The molecule has 0 amide bonds. The minimum Gasteiger partial charge on any atom is -0.394 e. The molecule has 5 N–H and O–H groups in total. The SMILES string of the molecule is Nc1ccn([C@H]2CC[C@@H](CO)O2)c(=O)n1.O=c1[nH]cnc2c1ncn2[C@H]1CC[C@@H](CO)O1. The van der Waals surface area contributed by atoms with Gasteiger partial charge in [-0.15, -0.1) is 0 Å². The second-order valence-corrected chi connectivity index (χ2v) is 7.54. The van der Waals surface area contributed by atoms with E-state index in [4.69, 9.17) is 25.4 Å². The van der Waals surface area contributed by atoms with Crippen molar-refractivity contribution in [3.63, 3.8) is 0 Å². The van der Waals surface area contributed by atoms with Crippen molar-refractivity contribution in [3.8, 4) is 0 Å². The molecule has 0 saturated carbocycles. The molecule has 4 atom stereocenters. The van der Waals surface area contributed by atoms with Gasteiger partial charge in [0.1, 0.15) is 18.3 Å². The number of H-pyrrole nitrogens is 1. The van der Waals surface area contributed by atoms with Gasteiger partial charge in [0.25, 0.3) is 5.56 Å². The lowest BCUT2D eigenvalue weighted by Gasteiger charge is -2.14. The van der Waals surface area contributed by atoms with Crippen LogP contribution in [0.5, 0.6) is 0 Å². The fourth-order valence-electron chi connectivity index (χ4n) is 3.77. The summed E-state index contributed by atoms with van der Waals surface area (Å²) in [6, 6.07) is 1.55. The molecule has 0 bridgehead atoms. The average molecular weight is 447 g/mol. The van der Waals surface area contributed by atoms with Gasteiger partial charge < -0.3 is 30.4 Å². The fourth-order valence-corrected chi connectivity index (χ4v) is 3.77. The fraction of sp³-hybridized carbons (Fsp3) is 0.526. The van der Waals surface area contributed by atoms with Crippen LogP contribution in [0.1, 0.15) is 38.1 Å². The molecule has 3 aromatic rings. The van der Waals surface area contributed by atoms with Crippen molar-refractivity contribution >= 4 is 17.0 Å². The Labute approximate surface area is 181 Å². The summed E-state index contributed by atoms with van der Waals surface area (Å²) in [4.78, 5) is 37.1. The normalized spacial score (nSPS) is 25.1. The van der Waals surface area contributed by atoms with E-state index >= 15 is 0 Å². The standard InChI is InChI=1S/C10H12N4O3.C9H13N3O3/c15-3-6-1-2-7(17-6)14-5-13-8-9(14)11-4-12-10(8)16;10-7-3-4-12(9(14)11-7)8-2-1-6(5-13)15-8/h4-7,15H,1-3H2,(H,11,12,16);3-4,6,8,13H,1-2,5H2,(H2,10,11,14)/t6-,7+;6-,8+/m00/s1. The largest absolute Gasteiger partial charge is 0.394 e. The number of hydrogen-bond donors (Lipinski definition) is 4. The van der Waals surface area contributed by atoms with Gasteiger partial charge in [-0.3, -0.25) is 13.9 Å². The van der Waals surface area contributed by atoms with Crippen molar-refractivity contribution in [2.75, 3.05) is 18.9 Å². The molecule has 0 aliphatic carbocycles. The van der Waals surface area contributed by atoms with Gasteiger partial charge in [0.2, 0.25) is 0 Å². The van der Waals surface area contributed by atoms with Crippen molar-refractivity contribution in [2.24, 2.45) is 0 Å². The number of rotatable bonds is 4. The maximum absolute atomic E-state index is 11.5. The highest BCUT2D eigenvalue weighted by Gasteiger charge is 2.28. The number of hydrogen-bond acceptors (Lipinski definition) is 10. The van der Waals surface area contributed by atoms with Gasteiger partial charge in [-0.05, 0) is 31.7 Å². The highest BCUT2D eigenvalue weighted by Crippen LogP contribution is 2.29. The molecule has 13 heteroatoms. The first-order valence-electron chi connectivity index (χ1n) is 10.3. The van der Waals surface area contributed by atoms with E-state index < -0.39 is 5.69 Å². The molecule has 0 spiro atoms. The minimum atomic E-state index is -0.418. The second-order valence-electron chi connectivity index (χ2n) is 7.54. The van der Waals surface area contributed by atoms with Crippen LogP contribution in [-0.2, 0) is 9.47 Å². The van der Waals surface area contributed by atoms with Gasteiger partial charge in [-0.2, -0.15) is 4.98 Å². The zero-order chi connectivity index (χ0) is 22.7. The van der Waals surface area contributed by atoms with E-state index in [-0.39, 0.29) is 49.3 Å². The number of aromatic nitrogens is 6. The zero-order valence-electron chi connectivity index (χ0n) is 17.2. The van der Waals surface area contributed by atoms with E-state index in [1.165, 1.54) is 10.9 Å². The van der Waals surface area contributed by atoms with E-state index in [0.29, 0.717) is 17.6 Å². The molecule has 0 radical (unpaired) electrons. The van der Waals surface area contributed by atoms with Crippen LogP contribution >= 0.6 is 0 Å². The molecule has 0 aromatic carbocycles. The van der Waals surface area contributed by atoms with E-state index in [1.54, 1.807) is 23.2 Å². The van der Waals surface area contributed by atoms with Crippen LogP contribution in [0.4, 0.5) is 5.82 Å². The maximum atomic E-state index is 11.5. The Morgan fingerprint density at radius 3 is 2.28 bits per heavy atom. The molecule has 5 heterocycles. The van der Waals surface area contributed by atoms with E-state index in [9.17, 15) is 9.59 Å². The number of nitrogens with one attached hydrogen (secondary N) is 1. The molecule has 0 unspecified atom stereocenters. The smallest absolute Gasteiger partial charge is 0.351 e. The predicted molar refractivity (Wildman–Crippen MR) is 112 cm³/mol. The Morgan fingerprint density at radius 2 is 1.69 bits per heavy atom. The number of nitrogen functional groups attached to an aromatic ring is 1. The lowest BCUT2D eigenvalue weighted by molar-refractivity contribution is -0.0245. The minimum absolute atomic E-state index is 0.0111. The number of fused-ring (bicyclic) bond motifs is 1. The molecule has 2 saturated heterocycles. The van der Waals surface area contributed by atoms with Gasteiger partial charge in [-0.1, -0.05) is 0 Å². The van der Waals surface area contributed by atoms with Gasteiger partial charge in [0, 0.05) is 6.20 Å². The number of aliphatic hydroxyl groups is 2. The van der Waals surface area contributed by atoms with Crippen molar-refractivity contribution in [2.45, 2.75) is 50.3 Å². The molecule has 32 heavy (non-hydrogen) atoms. The van der Waals surface area contributed by atoms with Crippen LogP contribution in [0.3, 0.4) is 0 Å². The van der Waals surface area contributed by atoms with Crippen LogP contribution in [0.25, 0.3) is 11.2 Å². The summed E-state index contributed by atoms with van der Waals surface area (Å²) < 4.78 is 14.2. The summed E-state index contributed by atoms with van der Waals surface area (Å²) in [7, 11) is 0. The van der Waals surface area contributed by atoms with Crippen molar-refractivity contribution in [3.05, 3.63) is 45.8 Å². The lowest BCUT2D eigenvalue weighted by atomic mass is 10.2. The summed E-state index contributed by atoms with van der Waals surface area (Å²) >= 11 is 0. The zero-order valence-corrected chi connectivity index (χ0v) is 17.2. The second kappa shape index (κ2) is 9.56. The third-order valence-corrected chi connectivity index (χ3v) is 5.41. The molecular formula is C19H25N7O6. The van der Waals surface area contributed by atoms with Gasteiger partial charge in [0.15, 0.2) is 11.2 Å². The third kappa shape index (κ3) is 4.55. The summed E-state index contributed by atoms with van der Waals surface area (Å²) in [5.74, 6) is 0.202. The summed E-state index contributed by atoms with van der Waals surface area (Å²) in [6.45, 7) is -0.00913. The number of imidazole rings is 1. The Hall–Kier alpha value is -3.13. The number of anilines is 1. The summed E-state index contributed by atoms with van der Waals surface area (Å²) in [6.07, 6.45) is 6.64. The van der Waals surface area contributed by atoms with Gasteiger partial charge >= 0.3 is 5.69 Å². The van der Waals surface area contributed by atoms with E-state index in [2.05, 4.69) is 19.9 Å². The maximum Gasteiger partial charge on any atom is 0.351 e. The topological polar surface area (TPSA) is 183 Å². The highest BCUT2D eigenvalue weighted by atomic mass is 16.5. The Kier molecular flexibility index (Phi) is 6.60. The molecule has 13 nitrogen and oxygen atoms in total. The number of aromatic amines is 1. The summed E-state index contributed by atoms with van der Waals surface area (Å²) in [5.41, 5.74) is 5.52. The van der Waals surface area contributed by atoms with Crippen molar-refractivity contribution < 1.29 is 19.7 Å². The number of nitrogens with zero attached hydrogens (tertiary/aromatic N) is 5. The quantitative estimate of drug-likeness (QED) is 0.398. The van der Waals surface area contributed by atoms with Crippen LogP contribution in [0, 0.1) is 0 Å². The van der Waals surface area contributed by atoms with Crippen molar-refractivity contribution in [1.82, 2.24) is 29.1 Å². The van der Waals surface area contributed by atoms with Crippen LogP contribution in [0.2, 0.25) is 0 Å². The number of aliphatic hydroxyl groups excluding tert-OH is 2. The summed E-state index contributed by atoms with van der Waals surface area (Å²) in [5, 5.41) is 17.9. The first kappa shape index (κ1) is 22.1. The first-order valence-corrected chi connectivity index (χ1v) is 10.3. The lowest BCUT2D eigenvalue weighted by Crippen LogP contribution is -2.27. The van der Waals surface area contributed by atoms with Crippen LogP contribution in [-0.4, -0.2) is 64.7 Å². The van der Waals surface area contributed by atoms with Gasteiger partial charge in [0.05, 0.1) is 38.1 Å². The molecule has 3 aromatic heterocycles. The highest BCUT2D eigenvalue weighted by molar-refractivity contribution is 5.68. The molecular weight excluding hydrogens is 422 g/mol. The Balaban J connectivity index is 0.000000155. The van der Waals surface area contributed by atoms with E-state index in [0.717, 1.165) is 19.3 Å². The Bertz CT molecular complexity index is 1170.